The molecule has 0 saturated heterocycles. The Morgan fingerprint density at radius 2 is 1.64 bits per heavy atom. The van der Waals surface area contributed by atoms with Gasteiger partial charge in [0, 0.05) is 28.2 Å². The number of nitrogen functional groups attached to an aromatic ring is 2. The van der Waals surface area contributed by atoms with Crippen molar-refractivity contribution in [1.29, 1.82) is 0 Å². The molecule has 0 heterocycles. The summed E-state index contributed by atoms with van der Waals surface area (Å²) in [6.45, 7) is 0. The van der Waals surface area contributed by atoms with Crippen molar-refractivity contribution in [3.05, 3.63) is 24.3 Å². The average Bonchev–Trinajstić information content (AvgIpc) is 2.10. The summed E-state index contributed by atoms with van der Waals surface area (Å²) in [7, 11) is 0. The number of phenols is 2. The molecule has 6 N–H and O–H groups in total. The van der Waals surface area contributed by atoms with E-state index in [2.05, 4.69) is 0 Å². The Hall–Kier alpha value is -2.10. The standard InChI is InChI=1S/C10H10N2O2/c11-7-1-2-9(14)6-3-5(13)4-8(12)10(6)7/h1-4,13-14H,11-12H2. The summed E-state index contributed by atoms with van der Waals surface area (Å²) >= 11 is 0. The van der Waals surface area contributed by atoms with Crippen LogP contribution in [0.1, 0.15) is 0 Å². The number of aromatic hydroxyl groups is 2. The van der Waals surface area contributed by atoms with Gasteiger partial charge in [-0.05, 0) is 18.2 Å². The highest BCUT2D eigenvalue weighted by atomic mass is 16.3. The fourth-order valence-corrected chi connectivity index (χ4v) is 1.51. The summed E-state index contributed by atoms with van der Waals surface area (Å²) in [5.41, 5.74) is 12.2. The zero-order chi connectivity index (χ0) is 10.3. The van der Waals surface area contributed by atoms with E-state index in [9.17, 15) is 10.2 Å². The van der Waals surface area contributed by atoms with Crippen molar-refractivity contribution < 1.29 is 10.2 Å². The molecule has 0 unspecified atom stereocenters. The molecule has 0 atom stereocenters. The Balaban J connectivity index is 3.00. The second-order valence-corrected chi connectivity index (χ2v) is 3.13. The molecule has 0 aliphatic rings. The summed E-state index contributed by atoms with van der Waals surface area (Å²) in [6, 6.07) is 5.87. The number of fused-ring (bicyclic) bond motifs is 1. The summed E-state index contributed by atoms with van der Waals surface area (Å²) in [4.78, 5) is 0. The first-order valence-electron chi connectivity index (χ1n) is 4.09. The van der Waals surface area contributed by atoms with Gasteiger partial charge in [0.2, 0.25) is 0 Å². The Bertz CT molecular complexity index is 509. The van der Waals surface area contributed by atoms with E-state index < -0.39 is 0 Å². The van der Waals surface area contributed by atoms with E-state index in [-0.39, 0.29) is 11.5 Å². The highest BCUT2D eigenvalue weighted by Crippen LogP contribution is 2.36. The number of phenolic OH excluding ortho intramolecular Hbond substituents is 2. The van der Waals surface area contributed by atoms with Gasteiger partial charge < -0.3 is 21.7 Å². The van der Waals surface area contributed by atoms with Crippen LogP contribution >= 0.6 is 0 Å². The number of rotatable bonds is 0. The van der Waals surface area contributed by atoms with E-state index in [0.717, 1.165) is 0 Å². The number of anilines is 2. The fourth-order valence-electron chi connectivity index (χ4n) is 1.51. The minimum absolute atomic E-state index is 0.0101. The number of hydrogen-bond acceptors (Lipinski definition) is 4. The predicted molar refractivity (Wildman–Crippen MR) is 56.1 cm³/mol. The van der Waals surface area contributed by atoms with Gasteiger partial charge in [0.05, 0.1) is 0 Å². The number of hydrogen-bond donors (Lipinski definition) is 4. The molecule has 0 spiro atoms. The van der Waals surface area contributed by atoms with Crippen LogP contribution in [0, 0.1) is 0 Å². The first-order chi connectivity index (χ1) is 6.59. The number of benzene rings is 2. The first-order valence-corrected chi connectivity index (χ1v) is 4.09. The van der Waals surface area contributed by atoms with E-state index in [1.807, 2.05) is 0 Å². The van der Waals surface area contributed by atoms with Crippen molar-refractivity contribution in [3.8, 4) is 11.5 Å². The summed E-state index contributed by atoms with van der Waals surface area (Å²) in [6.07, 6.45) is 0. The van der Waals surface area contributed by atoms with Crippen molar-refractivity contribution in [2.75, 3.05) is 11.5 Å². The van der Waals surface area contributed by atoms with Crippen LogP contribution in [0.15, 0.2) is 24.3 Å². The lowest BCUT2D eigenvalue weighted by molar-refractivity contribution is 0.472. The molecule has 2 aromatic carbocycles. The predicted octanol–water partition coefficient (Wildman–Crippen LogP) is 1.42. The first kappa shape index (κ1) is 8.50. The molecule has 0 aliphatic carbocycles. The molecule has 4 nitrogen and oxygen atoms in total. The van der Waals surface area contributed by atoms with Crippen LogP contribution in [-0.4, -0.2) is 10.2 Å². The van der Waals surface area contributed by atoms with Gasteiger partial charge in [-0.25, -0.2) is 0 Å². The van der Waals surface area contributed by atoms with Crippen molar-refractivity contribution in [1.82, 2.24) is 0 Å². The van der Waals surface area contributed by atoms with Gasteiger partial charge in [0.1, 0.15) is 11.5 Å². The van der Waals surface area contributed by atoms with Crippen LogP contribution in [-0.2, 0) is 0 Å². The largest absolute Gasteiger partial charge is 0.508 e. The minimum Gasteiger partial charge on any atom is -0.508 e. The molecule has 14 heavy (non-hydrogen) atoms. The molecule has 0 amide bonds. The lowest BCUT2D eigenvalue weighted by atomic mass is 10.1. The molecule has 0 bridgehead atoms. The molecule has 0 aromatic heterocycles. The van der Waals surface area contributed by atoms with Gasteiger partial charge >= 0.3 is 0 Å². The zero-order valence-corrected chi connectivity index (χ0v) is 7.36. The normalized spacial score (nSPS) is 10.6. The topological polar surface area (TPSA) is 92.5 Å². The van der Waals surface area contributed by atoms with Crippen molar-refractivity contribution in [2.45, 2.75) is 0 Å². The maximum Gasteiger partial charge on any atom is 0.123 e. The van der Waals surface area contributed by atoms with E-state index in [0.29, 0.717) is 22.1 Å². The Morgan fingerprint density at radius 3 is 2.36 bits per heavy atom. The monoisotopic (exact) mass is 190 g/mol. The lowest BCUT2D eigenvalue weighted by Gasteiger charge is -2.07. The Kier molecular flexibility index (Phi) is 1.64. The van der Waals surface area contributed by atoms with Crippen LogP contribution in [0.3, 0.4) is 0 Å². The van der Waals surface area contributed by atoms with Crippen molar-refractivity contribution in [3.63, 3.8) is 0 Å². The molecule has 0 aliphatic heterocycles. The highest BCUT2D eigenvalue weighted by molar-refractivity contribution is 6.05. The summed E-state index contributed by atoms with van der Waals surface area (Å²) in [5.74, 6) is 0.0627. The molecule has 72 valence electrons. The van der Waals surface area contributed by atoms with Gasteiger partial charge in [0.25, 0.3) is 0 Å². The van der Waals surface area contributed by atoms with Gasteiger partial charge in [-0.15, -0.1) is 0 Å². The van der Waals surface area contributed by atoms with Gasteiger partial charge in [-0.2, -0.15) is 0 Å². The maximum absolute atomic E-state index is 9.52. The minimum atomic E-state index is 0.0101. The van der Waals surface area contributed by atoms with Crippen LogP contribution in [0.5, 0.6) is 11.5 Å². The van der Waals surface area contributed by atoms with Crippen LogP contribution in [0.25, 0.3) is 10.8 Å². The molecule has 4 heteroatoms. The van der Waals surface area contributed by atoms with Crippen LogP contribution in [0.4, 0.5) is 11.4 Å². The molecule has 2 rings (SSSR count). The second kappa shape index (κ2) is 2.70. The van der Waals surface area contributed by atoms with Crippen molar-refractivity contribution in [2.24, 2.45) is 0 Å². The highest BCUT2D eigenvalue weighted by Gasteiger charge is 2.07. The SMILES string of the molecule is Nc1ccc(O)c2cc(O)cc(N)c12. The molecule has 2 aromatic rings. The molecule has 0 fully saturated rings. The lowest BCUT2D eigenvalue weighted by Crippen LogP contribution is -1.92. The Labute approximate surface area is 80.4 Å². The maximum atomic E-state index is 9.52. The smallest absolute Gasteiger partial charge is 0.123 e. The quantitative estimate of drug-likeness (QED) is 0.373. The van der Waals surface area contributed by atoms with Gasteiger partial charge in [-0.3, -0.25) is 0 Å². The third kappa shape index (κ3) is 1.08. The third-order valence-corrected chi connectivity index (χ3v) is 2.14. The average molecular weight is 190 g/mol. The fraction of sp³-hybridized carbons (Fsp3) is 0. The van der Waals surface area contributed by atoms with Crippen molar-refractivity contribution >= 4 is 22.1 Å². The van der Waals surface area contributed by atoms with Crippen LogP contribution in [0.2, 0.25) is 0 Å². The second-order valence-electron chi connectivity index (χ2n) is 3.13. The molecule has 0 radical (unpaired) electrons. The van der Waals surface area contributed by atoms with E-state index >= 15 is 0 Å². The zero-order valence-electron chi connectivity index (χ0n) is 7.36. The molecular weight excluding hydrogens is 180 g/mol. The molecular formula is C10H10N2O2. The van der Waals surface area contributed by atoms with E-state index in [1.54, 1.807) is 6.07 Å². The third-order valence-electron chi connectivity index (χ3n) is 2.14. The number of nitrogens with two attached hydrogens (primary N) is 2. The van der Waals surface area contributed by atoms with Gasteiger partial charge in [-0.1, -0.05) is 0 Å². The van der Waals surface area contributed by atoms with E-state index in [1.165, 1.54) is 18.2 Å². The Morgan fingerprint density at radius 1 is 0.929 bits per heavy atom. The molecule has 0 saturated carbocycles. The van der Waals surface area contributed by atoms with Crippen LogP contribution < -0.4 is 11.5 Å². The summed E-state index contributed by atoms with van der Waals surface area (Å²) < 4.78 is 0. The van der Waals surface area contributed by atoms with Gasteiger partial charge in [0.15, 0.2) is 0 Å². The summed E-state index contributed by atoms with van der Waals surface area (Å²) in [5, 5.41) is 19.8. The van der Waals surface area contributed by atoms with E-state index in [4.69, 9.17) is 11.5 Å².